The first-order chi connectivity index (χ1) is 12.3. The zero-order valence-corrected chi connectivity index (χ0v) is 16.3. The molecule has 0 amide bonds. The topological polar surface area (TPSA) is 21.7 Å². The quantitative estimate of drug-likeness (QED) is 0.736. The van der Waals surface area contributed by atoms with E-state index in [0.29, 0.717) is 6.79 Å². The number of benzene rings is 2. The Labute approximate surface area is 152 Å². The number of ether oxygens (including phenoxy) is 2. The number of rotatable bonds is 2. The Hall–Kier alpha value is -2.00. The van der Waals surface area contributed by atoms with Gasteiger partial charge in [0.05, 0.1) is 0 Å². The highest BCUT2D eigenvalue weighted by molar-refractivity contribution is 5.44. The molecular weight excluding hydrogens is 310 g/mol. The van der Waals surface area contributed by atoms with Crippen LogP contribution >= 0.6 is 0 Å². The van der Waals surface area contributed by atoms with E-state index in [9.17, 15) is 0 Å². The van der Waals surface area contributed by atoms with E-state index < -0.39 is 0 Å². The van der Waals surface area contributed by atoms with Crippen LogP contribution < -0.4 is 9.47 Å². The maximum atomic E-state index is 5.46. The smallest absolute Gasteiger partial charge is 0.231 e. The summed E-state index contributed by atoms with van der Waals surface area (Å²) in [5.74, 6) is 1.74. The molecule has 2 aliphatic rings. The van der Waals surface area contributed by atoms with Gasteiger partial charge in [0.2, 0.25) is 6.79 Å². The number of nitrogens with zero attached hydrogens (tertiary/aromatic N) is 1. The van der Waals surface area contributed by atoms with Crippen LogP contribution in [0.2, 0.25) is 0 Å². The summed E-state index contributed by atoms with van der Waals surface area (Å²) in [6, 6.07) is 12.9. The first-order valence-electron chi connectivity index (χ1n) is 9.48. The molecule has 0 aliphatic carbocycles. The van der Waals surface area contributed by atoms with E-state index >= 15 is 0 Å². The van der Waals surface area contributed by atoms with Crippen molar-refractivity contribution in [2.45, 2.75) is 54.1 Å². The van der Waals surface area contributed by atoms with Crippen LogP contribution in [0, 0.1) is 6.92 Å². The third-order valence-corrected chi connectivity index (χ3v) is 4.42. The third-order valence-electron chi connectivity index (χ3n) is 4.42. The molecule has 4 rings (SSSR count). The highest BCUT2D eigenvalue weighted by atomic mass is 16.7. The molecular formula is C22H31NO2. The summed E-state index contributed by atoms with van der Waals surface area (Å²) in [6.45, 7) is 13.7. The molecule has 25 heavy (non-hydrogen) atoms. The van der Waals surface area contributed by atoms with E-state index in [1.165, 1.54) is 16.7 Å². The molecule has 3 heteroatoms. The monoisotopic (exact) mass is 341 g/mol. The summed E-state index contributed by atoms with van der Waals surface area (Å²) in [7, 11) is 0. The molecule has 3 nitrogen and oxygen atoms in total. The highest BCUT2D eigenvalue weighted by Gasteiger charge is 2.19. The van der Waals surface area contributed by atoms with Gasteiger partial charge < -0.3 is 9.47 Å². The summed E-state index contributed by atoms with van der Waals surface area (Å²) in [5.41, 5.74) is 5.73. The van der Waals surface area contributed by atoms with Crippen LogP contribution in [-0.2, 0) is 19.5 Å². The van der Waals surface area contributed by atoms with Gasteiger partial charge in [-0.2, -0.15) is 0 Å². The SMILES string of the molecule is CC.CC.Cc1cccc2c1CCN(Cc1ccc3c(c1)OCO3)C2. The average molecular weight is 341 g/mol. The van der Waals surface area contributed by atoms with Crippen molar-refractivity contribution in [3.8, 4) is 11.5 Å². The fourth-order valence-corrected chi connectivity index (χ4v) is 3.29. The van der Waals surface area contributed by atoms with Crippen molar-refractivity contribution < 1.29 is 9.47 Å². The molecule has 0 atom stereocenters. The summed E-state index contributed by atoms with van der Waals surface area (Å²) < 4.78 is 10.8. The Balaban J connectivity index is 0.000000528. The largest absolute Gasteiger partial charge is 0.454 e. The fraction of sp³-hybridized carbons (Fsp3) is 0.455. The van der Waals surface area contributed by atoms with Crippen LogP contribution in [0.4, 0.5) is 0 Å². The van der Waals surface area contributed by atoms with Gasteiger partial charge in [-0.1, -0.05) is 52.0 Å². The Bertz CT molecular complexity index is 682. The van der Waals surface area contributed by atoms with Gasteiger partial charge in [-0.15, -0.1) is 0 Å². The van der Waals surface area contributed by atoms with Crippen molar-refractivity contribution in [1.82, 2.24) is 4.90 Å². The molecule has 0 saturated heterocycles. The molecule has 2 aliphatic heterocycles. The minimum absolute atomic E-state index is 0.342. The van der Waals surface area contributed by atoms with Gasteiger partial charge in [-0.25, -0.2) is 0 Å². The maximum Gasteiger partial charge on any atom is 0.231 e. The second-order valence-corrected chi connectivity index (χ2v) is 5.86. The first kappa shape index (κ1) is 19.3. The fourth-order valence-electron chi connectivity index (χ4n) is 3.29. The molecule has 0 bridgehead atoms. The Morgan fingerprint density at radius 2 is 1.72 bits per heavy atom. The second-order valence-electron chi connectivity index (χ2n) is 5.86. The van der Waals surface area contributed by atoms with Crippen LogP contribution in [0.3, 0.4) is 0 Å². The lowest BCUT2D eigenvalue weighted by molar-refractivity contribution is 0.174. The van der Waals surface area contributed by atoms with Crippen LogP contribution in [0.1, 0.15) is 49.9 Å². The molecule has 2 aromatic carbocycles. The molecule has 2 aromatic rings. The van der Waals surface area contributed by atoms with Crippen LogP contribution in [0.15, 0.2) is 36.4 Å². The predicted octanol–water partition coefficient (Wildman–Crippen LogP) is 5.33. The Morgan fingerprint density at radius 3 is 2.52 bits per heavy atom. The molecule has 2 heterocycles. The summed E-state index contributed by atoms with van der Waals surface area (Å²) >= 11 is 0. The zero-order valence-electron chi connectivity index (χ0n) is 16.3. The van der Waals surface area contributed by atoms with E-state index in [1.807, 2.05) is 33.8 Å². The number of aryl methyl sites for hydroxylation is 1. The lowest BCUT2D eigenvalue weighted by Crippen LogP contribution is -2.30. The van der Waals surface area contributed by atoms with Gasteiger partial charge >= 0.3 is 0 Å². The summed E-state index contributed by atoms with van der Waals surface area (Å²) in [6.07, 6.45) is 1.15. The first-order valence-corrected chi connectivity index (χ1v) is 9.48. The van der Waals surface area contributed by atoms with Gasteiger partial charge in [-0.05, 0) is 47.7 Å². The normalized spacial score (nSPS) is 14.6. The Kier molecular flexibility index (Phi) is 7.32. The number of hydrogen-bond acceptors (Lipinski definition) is 3. The van der Waals surface area contributed by atoms with E-state index in [0.717, 1.165) is 37.6 Å². The molecule has 0 spiro atoms. The van der Waals surface area contributed by atoms with Crippen LogP contribution in [0.5, 0.6) is 11.5 Å². The van der Waals surface area contributed by atoms with Crippen molar-refractivity contribution in [3.05, 3.63) is 58.7 Å². The van der Waals surface area contributed by atoms with E-state index in [-0.39, 0.29) is 0 Å². The minimum Gasteiger partial charge on any atom is -0.454 e. The molecule has 0 fully saturated rings. The van der Waals surface area contributed by atoms with Crippen molar-refractivity contribution in [2.24, 2.45) is 0 Å². The lowest BCUT2D eigenvalue weighted by atomic mass is 9.95. The average Bonchev–Trinajstić information content (AvgIpc) is 3.13. The molecule has 136 valence electrons. The van der Waals surface area contributed by atoms with Crippen molar-refractivity contribution in [2.75, 3.05) is 13.3 Å². The van der Waals surface area contributed by atoms with E-state index in [4.69, 9.17) is 9.47 Å². The zero-order chi connectivity index (χ0) is 18.2. The number of hydrogen-bond donors (Lipinski definition) is 0. The highest BCUT2D eigenvalue weighted by Crippen LogP contribution is 2.33. The molecule has 0 saturated carbocycles. The van der Waals surface area contributed by atoms with Gasteiger partial charge in [0.1, 0.15) is 0 Å². The van der Waals surface area contributed by atoms with Gasteiger partial charge in [0.15, 0.2) is 11.5 Å². The molecule has 0 N–H and O–H groups in total. The van der Waals surface area contributed by atoms with Gasteiger partial charge in [-0.3, -0.25) is 4.90 Å². The molecule has 0 radical (unpaired) electrons. The van der Waals surface area contributed by atoms with Gasteiger partial charge in [0.25, 0.3) is 0 Å². The molecule has 0 unspecified atom stereocenters. The second kappa shape index (κ2) is 9.47. The van der Waals surface area contributed by atoms with Gasteiger partial charge in [0, 0.05) is 19.6 Å². The van der Waals surface area contributed by atoms with Crippen molar-refractivity contribution in [3.63, 3.8) is 0 Å². The molecule has 0 aromatic heterocycles. The van der Waals surface area contributed by atoms with Crippen molar-refractivity contribution in [1.29, 1.82) is 0 Å². The predicted molar refractivity (Wildman–Crippen MR) is 104 cm³/mol. The third kappa shape index (κ3) is 4.55. The summed E-state index contributed by atoms with van der Waals surface area (Å²) in [5, 5.41) is 0. The lowest BCUT2D eigenvalue weighted by Gasteiger charge is -2.29. The van der Waals surface area contributed by atoms with E-state index in [2.05, 4.69) is 42.2 Å². The Morgan fingerprint density at radius 1 is 0.960 bits per heavy atom. The summed E-state index contributed by atoms with van der Waals surface area (Å²) in [4.78, 5) is 2.50. The van der Waals surface area contributed by atoms with Crippen LogP contribution in [-0.4, -0.2) is 18.2 Å². The van der Waals surface area contributed by atoms with Crippen LogP contribution in [0.25, 0.3) is 0 Å². The van der Waals surface area contributed by atoms with E-state index in [1.54, 1.807) is 5.56 Å². The maximum absolute atomic E-state index is 5.46. The minimum atomic E-state index is 0.342. The van der Waals surface area contributed by atoms with Crippen molar-refractivity contribution >= 4 is 0 Å². The number of fused-ring (bicyclic) bond motifs is 2. The standard InChI is InChI=1S/C18H19NO2.2C2H6/c1-13-3-2-4-15-11-19(8-7-16(13)15)10-14-5-6-17-18(9-14)21-12-20-17;2*1-2/h2-6,9H,7-8,10-12H2,1H3;2*1-2H3.